The summed E-state index contributed by atoms with van der Waals surface area (Å²) in [6, 6.07) is 8.68. The molecule has 1 aromatic carbocycles. The molecule has 0 bridgehead atoms. The molecule has 2 fully saturated rings. The van der Waals surface area contributed by atoms with Crippen LogP contribution in [0.25, 0.3) is 0 Å². The van der Waals surface area contributed by atoms with Crippen LogP contribution in [0.5, 0.6) is 5.75 Å². The van der Waals surface area contributed by atoms with Gasteiger partial charge in [0.1, 0.15) is 5.75 Å². The molecular weight excluding hydrogens is 324 g/mol. The minimum atomic E-state index is -0.682. The minimum absolute atomic E-state index is 0.556. The average Bonchev–Trinajstić information content (AvgIpc) is 2.67. The molecule has 0 aromatic heterocycles. The van der Waals surface area contributed by atoms with E-state index in [2.05, 4.69) is 23.6 Å². The highest BCUT2D eigenvalue weighted by molar-refractivity contribution is 5.31. The van der Waals surface area contributed by atoms with Crippen molar-refractivity contribution in [3.8, 4) is 5.75 Å². The third-order valence-electron chi connectivity index (χ3n) is 6.08. The van der Waals surface area contributed by atoms with Crippen molar-refractivity contribution in [1.82, 2.24) is 9.80 Å². The third kappa shape index (κ3) is 5.21. The van der Waals surface area contributed by atoms with Gasteiger partial charge in [0, 0.05) is 25.7 Å². The zero-order chi connectivity index (χ0) is 18.4. The lowest BCUT2D eigenvalue weighted by atomic mass is 9.84. The quantitative estimate of drug-likeness (QED) is 0.753. The summed E-state index contributed by atoms with van der Waals surface area (Å²) in [5.74, 6) is 0.913. The average molecular weight is 361 g/mol. The van der Waals surface area contributed by atoms with Crippen LogP contribution >= 0.6 is 0 Å². The van der Waals surface area contributed by atoms with Crippen molar-refractivity contribution in [3.63, 3.8) is 0 Å². The number of aliphatic hydroxyl groups is 1. The molecule has 4 nitrogen and oxygen atoms in total. The zero-order valence-electron chi connectivity index (χ0n) is 16.6. The standard InChI is InChI=1S/C22H36N2O2/c1-19(2)24-16-11-22(25,12-17-24)20-7-9-21(10-8-20)26-18-6-15-23-13-4-3-5-14-23/h7-10,19,25H,3-6,11-18H2,1-2H3. The van der Waals surface area contributed by atoms with E-state index in [0.717, 1.165) is 56.8 Å². The van der Waals surface area contributed by atoms with E-state index in [1.54, 1.807) is 0 Å². The highest BCUT2D eigenvalue weighted by atomic mass is 16.5. The summed E-state index contributed by atoms with van der Waals surface area (Å²) < 4.78 is 5.90. The first kappa shape index (κ1) is 19.7. The molecule has 1 N–H and O–H groups in total. The minimum Gasteiger partial charge on any atom is -0.494 e. The zero-order valence-corrected chi connectivity index (χ0v) is 16.6. The Balaban J connectivity index is 1.43. The van der Waals surface area contributed by atoms with Crippen LogP contribution in [0.4, 0.5) is 0 Å². The van der Waals surface area contributed by atoms with Gasteiger partial charge < -0.3 is 19.6 Å². The van der Waals surface area contributed by atoms with Crippen LogP contribution in [-0.4, -0.2) is 60.3 Å². The topological polar surface area (TPSA) is 35.9 Å². The lowest BCUT2D eigenvalue weighted by Crippen LogP contribution is -2.45. The van der Waals surface area contributed by atoms with Crippen LogP contribution in [0.3, 0.4) is 0 Å². The maximum atomic E-state index is 11.0. The fourth-order valence-corrected chi connectivity index (χ4v) is 4.22. The van der Waals surface area contributed by atoms with E-state index in [0.29, 0.717) is 6.04 Å². The summed E-state index contributed by atoms with van der Waals surface area (Å²) in [6.07, 6.45) is 6.78. The number of nitrogens with zero attached hydrogens (tertiary/aromatic N) is 2. The second-order valence-electron chi connectivity index (χ2n) is 8.29. The summed E-state index contributed by atoms with van der Waals surface area (Å²) in [7, 11) is 0. The SMILES string of the molecule is CC(C)N1CCC(O)(c2ccc(OCCCN3CCCCC3)cc2)CC1. The number of hydrogen-bond donors (Lipinski definition) is 1. The Hall–Kier alpha value is -1.10. The number of hydrogen-bond acceptors (Lipinski definition) is 4. The maximum Gasteiger partial charge on any atom is 0.119 e. The van der Waals surface area contributed by atoms with Crippen LogP contribution < -0.4 is 4.74 Å². The van der Waals surface area contributed by atoms with Crippen molar-refractivity contribution in [2.45, 2.75) is 64.0 Å². The molecule has 2 aliphatic rings. The van der Waals surface area contributed by atoms with Gasteiger partial charge in [0.25, 0.3) is 0 Å². The van der Waals surface area contributed by atoms with E-state index >= 15 is 0 Å². The van der Waals surface area contributed by atoms with Gasteiger partial charge in [-0.05, 0) is 76.7 Å². The highest BCUT2D eigenvalue weighted by Crippen LogP contribution is 2.34. The molecule has 0 amide bonds. The van der Waals surface area contributed by atoms with Gasteiger partial charge in [0.15, 0.2) is 0 Å². The van der Waals surface area contributed by atoms with E-state index < -0.39 is 5.60 Å². The molecule has 2 saturated heterocycles. The Morgan fingerprint density at radius 1 is 1.00 bits per heavy atom. The van der Waals surface area contributed by atoms with Gasteiger partial charge in [0.2, 0.25) is 0 Å². The maximum absolute atomic E-state index is 11.0. The lowest BCUT2D eigenvalue weighted by Gasteiger charge is -2.40. The van der Waals surface area contributed by atoms with Crippen molar-refractivity contribution in [1.29, 1.82) is 0 Å². The summed E-state index contributed by atoms with van der Waals surface area (Å²) >= 11 is 0. The van der Waals surface area contributed by atoms with Crippen LogP contribution in [-0.2, 0) is 5.60 Å². The van der Waals surface area contributed by atoms with Gasteiger partial charge in [-0.3, -0.25) is 0 Å². The summed E-state index contributed by atoms with van der Waals surface area (Å²) in [5.41, 5.74) is 0.347. The number of rotatable bonds is 7. The Kier molecular flexibility index (Phi) is 6.96. The predicted molar refractivity (Wildman–Crippen MR) is 107 cm³/mol. The fraction of sp³-hybridized carbons (Fsp3) is 0.727. The Bertz CT molecular complexity index is 530. The van der Waals surface area contributed by atoms with Crippen LogP contribution in [0.2, 0.25) is 0 Å². The van der Waals surface area contributed by atoms with Crippen molar-refractivity contribution in [2.75, 3.05) is 39.3 Å². The Morgan fingerprint density at radius 3 is 2.27 bits per heavy atom. The van der Waals surface area contributed by atoms with Gasteiger partial charge in [-0.1, -0.05) is 18.6 Å². The third-order valence-corrected chi connectivity index (χ3v) is 6.08. The predicted octanol–water partition coefficient (Wildman–Crippen LogP) is 3.63. The number of piperidine rings is 2. The first-order chi connectivity index (χ1) is 12.6. The molecule has 0 spiro atoms. The fourth-order valence-electron chi connectivity index (χ4n) is 4.22. The molecule has 146 valence electrons. The molecule has 2 heterocycles. The molecule has 0 atom stereocenters. The molecule has 0 radical (unpaired) electrons. The molecule has 4 heteroatoms. The van der Waals surface area contributed by atoms with Crippen LogP contribution in [0.15, 0.2) is 24.3 Å². The second-order valence-corrected chi connectivity index (χ2v) is 8.29. The molecule has 26 heavy (non-hydrogen) atoms. The van der Waals surface area contributed by atoms with Crippen molar-refractivity contribution in [3.05, 3.63) is 29.8 Å². The molecule has 0 aliphatic carbocycles. The number of benzene rings is 1. The van der Waals surface area contributed by atoms with E-state index in [1.165, 1.54) is 32.4 Å². The molecule has 1 aromatic rings. The normalized spacial score (nSPS) is 21.8. The van der Waals surface area contributed by atoms with Gasteiger partial charge in [0.05, 0.1) is 12.2 Å². The van der Waals surface area contributed by atoms with Gasteiger partial charge in [-0.25, -0.2) is 0 Å². The molecule has 2 aliphatic heterocycles. The Morgan fingerprint density at radius 2 is 1.65 bits per heavy atom. The first-order valence-corrected chi connectivity index (χ1v) is 10.5. The smallest absolute Gasteiger partial charge is 0.119 e. The molecule has 0 saturated carbocycles. The van der Waals surface area contributed by atoms with Gasteiger partial charge >= 0.3 is 0 Å². The Labute approximate surface area is 159 Å². The first-order valence-electron chi connectivity index (χ1n) is 10.5. The lowest BCUT2D eigenvalue weighted by molar-refractivity contribution is -0.0324. The van der Waals surface area contributed by atoms with E-state index in [-0.39, 0.29) is 0 Å². The van der Waals surface area contributed by atoms with E-state index in [1.807, 2.05) is 24.3 Å². The largest absolute Gasteiger partial charge is 0.494 e. The van der Waals surface area contributed by atoms with Crippen molar-refractivity contribution < 1.29 is 9.84 Å². The number of ether oxygens (including phenoxy) is 1. The molecule has 3 rings (SSSR count). The summed E-state index contributed by atoms with van der Waals surface area (Å²) in [4.78, 5) is 4.99. The molecule has 0 unspecified atom stereocenters. The number of likely N-dealkylation sites (tertiary alicyclic amines) is 2. The monoisotopic (exact) mass is 360 g/mol. The summed E-state index contributed by atoms with van der Waals surface area (Å²) in [5, 5.41) is 11.0. The van der Waals surface area contributed by atoms with E-state index in [4.69, 9.17) is 4.74 Å². The highest BCUT2D eigenvalue weighted by Gasteiger charge is 2.34. The van der Waals surface area contributed by atoms with Crippen molar-refractivity contribution in [2.24, 2.45) is 0 Å². The molecular formula is C22H36N2O2. The van der Waals surface area contributed by atoms with Crippen LogP contribution in [0, 0.1) is 0 Å². The van der Waals surface area contributed by atoms with Gasteiger partial charge in [-0.15, -0.1) is 0 Å². The van der Waals surface area contributed by atoms with Crippen LogP contribution in [0.1, 0.15) is 57.9 Å². The van der Waals surface area contributed by atoms with Gasteiger partial charge in [-0.2, -0.15) is 0 Å². The van der Waals surface area contributed by atoms with E-state index in [9.17, 15) is 5.11 Å². The summed E-state index contributed by atoms with van der Waals surface area (Å²) in [6.45, 7) is 10.8. The second kappa shape index (κ2) is 9.20. The van der Waals surface area contributed by atoms with Crippen molar-refractivity contribution >= 4 is 0 Å².